The predicted molar refractivity (Wildman–Crippen MR) is 276 cm³/mol. The number of aryl methyl sites for hydroxylation is 1. The van der Waals surface area contributed by atoms with Gasteiger partial charge in [0.15, 0.2) is 5.11 Å². The van der Waals surface area contributed by atoms with E-state index < -0.39 is 52.2 Å². The number of carbonyl (C=O) groups is 4. The lowest BCUT2D eigenvalue weighted by Gasteiger charge is -2.41. The second-order valence-electron chi connectivity index (χ2n) is 19.7. The number of hydrogen-bond donors (Lipinski definition) is 2. The van der Waals surface area contributed by atoms with Crippen LogP contribution in [0.25, 0.3) is 10.4 Å². The third-order valence-corrected chi connectivity index (χ3v) is 14.8. The molecule has 4 aromatic rings. The maximum absolute atomic E-state index is 14.3. The van der Waals surface area contributed by atoms with Crippen LogP contribution in [0.1, 0.15) is 88.1 Å². The summed E-state index contributed by atoms with van der Waals surface area (Å²) in [7, 11) is 1.95. The number of anilines is 2. The molecule has 0 aliphatic carbocycles. The summed E-state index contributed by atoms with van der Waals surface area (Å²) in [6, 6.07) is 18.4. The summed E-state index contributed by atoms with van der Waals surface area (Å²) in [4.78, 5) is 66.7. The van der Waals surface area contributed by atoms with E-state index in [1.165, 1.54) is 6.07 Å². The highest BCUT2D eigenvalue weighted by atomic mass is 32.1. The van der Waals surface area contributed by atoms with Gasteiger partial charge >= 0.3 is 6.18 Å². The summed E-state index contributed by atoms with van der Waals surface area (Å²) in [5.41, 5.74) is 1.97. The number of carbonyl (C=O) groups excluding carboxylic acids is 4. The first-order valence-corrected chi connectivity index (χ1v) is 25.8. The molecule has 2 atom stereocenters. The van der Waals surface area contributed by atoms with E-state index in [1.54, 1.807) is 51.5 Å². The molecule has 3 saturated heterocycles. The summed E-state index contributed by atoms with van der Waals surface area (Å²) in [5.74, 6) is -0.758. The van der Waals surface area contributed by atoms with Crippen LogP contribution in [0.5, 0.6) is 5.75 Å². The lowest BCUT2D eigenvalue weighted by atomic mass is 9.85. The number of likely N-dealkylation sites (tertiary alicyclic amines) is 2. The van der Waals surface area contributed by atoms with Crippen LogP contribution in [0.3, 0.4) is 0 Å². The Morgan fingerprint density at radius 1 is 0.932 bits per heavy atom. The number of nitrogens with zero attached hydrogens (tertiary/aromatic N) is 6. The van der Waals surface area contributed by atoms with Crippen LogP contribution >= 0.6 is 23.6 Å². The fourth-order valence-electron chi connectivity index (χ4n) is 9.39. The van der Waals surface area contributed by atoms with E-state index in [0.29, 0.717) is 96.0 Å². The first-order chi connectivity index (χ1) is 34.8. The van der Waals surface area contributed by atoms with Crippen molar-refractivity contribution in [3.8, 4) is 22.3 Å². The number of unbranched alkanes of at least 4 members (excludes halogenated alkanes) is 1. The minimum atomic E-state index is -4.80. The van der Waals surface area contributed by atoms with Gasteiger partial charge in [0.05, 0.1) is 45.6 Å². The van der Waals surface area contributed by atoms with Crippen molar-refractivity contribution in [2.24, 2.45) is 5.41 Å². The summed E-state index contributed by atoms with van der Waals surface area (Å²) in [5, 5.41) is 15.3. The molecule has 390 valence electrons. The Bertz CT molecular complexity index is 2640. The van der Waals surface area contributed by atoms with Crippen molar-refractivity contribution in [1.82, 2.24) is 25.4 Å². The standard InChI is InChI=1S/C53H63F3N8O7S2/c1-35-45(73-34-59-35)37-13-11-36(12-14-37)32-58-47(66)43-10-8-23-62(43)48(67)46(51(2,3)4)60-44(65)33-70-28-9-27-69-26-6-7-29-71-41-19-17-39(18-20-41)64-50(72)63(49(68)52(64)21-24-61(5)25-22-52)40-16-15-38(31-57)42(30-40)53(54,55)56/h11-20,30,34,43,46H,6-10,21-29,32-33H2,1-5H3,(H,58,66)(H,60,65)/t43-,46+/m0/s1. The van der Waals surface area contributed by atoms with Gasteiger partial charge in [0.1, 0.15) is 30.0 Å². The fraction of sp³-hybridized carbons (Fsp3) is 0.491. The number of thiazole rings is 1. The number of ether oxygens (including phenoxy) is 3. The zero-order valence-electron chi connectivity index (χ0n) is 41.9. The monoisotopic (exact) mass is 1040 g/mol. The SMILES string of the molecule is Cc1ncsc1-c1ccc(CNC(=O)[C@@H]2CCCN2C(=O)[C@@H](NC(=O)COCCCOCCCCOc2ccc(N3C(=S)N(c4ccc(C#N)c(C(F)(F)F)c4)C(=O)C34CCN(C)CC4)cc2)C(C)(C)C)cc1. The van der Waals surface area contributed by atoms with Crippen LogP contribution in [0.4, 0.5) is 24.5 Å². The largest absolute Gasteiger partial charge is 0.494 e. The zero-order valence-corrected chi connectivity index (χ0v) is 43.5. The lowest BCUT2D eigenvalue weighted by molar-refractivity contribution is -0.144. The van der Waals surface area contributed by atoms with Gasteiger partial charge in [0.25, 0.3) is 5.91 Å². The topological polar surface area (TPSA) is 170 Å². The Balaban J connectivity index is 0.797. The van der Waals surface area contributed by atoms with E-state index in [4.69, 9.17) is 26.4 Å². The zero-order chi connectivity index (χ0) is 52.5. The van der Waals surface area contributed by atoms with E-state index in [-0.39, 0.29) is 35.8 Å². The van der Waals surface area contributed by atoms with Crippen LogP contribution in [0.2, 0.25) is 0 Å². The van der Waals surface area contributed by atoms with Crippen LogP contribution in [-0.2, 0) is 41.4 Å². The normalized spacial score (nSPS) is 17.5. The van der Waals surface area contributed by atoms with Gasteiger partial charge in [-0.2, -0.15) is 18.4 Å². The highest BCUT2D eigenvalue weighted by Gasteiger charge is 2.57. The molecule has 3 aliphatic rings. The summed E-state index contributed by atoms with van der Waals surface area (Å²) in [6.45, 7) is 10.9. The molecule has 7 rings (SSSR count). The molecule has 4 heterocycles. The van der Waals surface area contributed by atoms with Crippen LogP contribution in [0, 0.1) is 23.7 Å². The molecule has 0 radical (unpaired) electrons. The van der Waals surface area contributed by atoms with Crippen molar-refractivity contribution in [1.29, 1.82) is 5.26 Å². The molecule has 1 aromatic heterocycles. The Hall–Kier alpha value is -5.98. The molecule has 4 amide bonds. The third-order valence-electron chi connectivity index (χ3n) is 13.5. The first-order valence-electron chi connectivity index (χ1n) is 24.6. The molecule has 73 heavy (non-hydrogen) atoms. The van der Waals surface area contributed by atoms with Crippen molar-refractivity contribution < 1.29 is 46.6 Å². The number of alkyl halides is 3. The summed E-state index contributed by atoms with van der Waals surface area (Å²) >= 11 is 7.43. The molecule has 0 saturated carbocycles. The summed E-state index contributed by atoms with van der Waals surface area (Å²) < 4.78 is 59.2. The molecule has 3 fully saturated rings. The van der Waals surface area contributed by atoms with Gasteiger partial charge in [-0.15, -0.1) is 11.3 Å². The number of nitriles is 1. The van der Waals surface area contributed by atoms with Crippen molar-refractivity contribution in [2.45, 2.75) is 103 Å². The van der Waals surface area contributed by atoms with E-state index in [2.05, 4.69) is 20.5 Å². The number of halogens is 3. The number of rotatable bonds is 20. The molecular weight excluding hydrogens is 982 g/mol. The van der Waals surface area contributed by atoms with Gasteiger partial charge in [-0.3, -0.25) is 24.1 Å². The molecular formula is C53H63F3N8O7S2. The third kappa shape index (κ3) is 13.0. The molecule has 0 unspecified atom stereocenters. The average Bonchev–Trinajstić information content (AvgIpc) is 4.09. The van der Waals surface area contributed by atoms with E-state index in [0.717, 1.165) is 45.2 Å². The van der Waals surface area contributed by atoms with Crippen LogP contribution in [-0.4, -0.2) is 121 Å². The average molecular weight is 1050 g/mol. The highest BCUT2D eigenvalue weighted by Crippen LogP contribution is 2.44. The van der Waals surface area contributed by atoms with Crippen molar-refractivity contribution >= 4 is 63.7 Å². The number of amides is 4. The van der Waals surface area contributed by atoms with Gasteiger partial charge < -0.3 is 39.5 Å². The van der Waals surface area contributed by atoms with Gasteiger partial charge in [-0.25, -0.2) is 4.98 Å². The van der Waals surface area contributed by atoms with E-state index >= 15 is 0 Å². The maximum atomic E-state index is 14.3. The number of nitrogens with one attached hydrogen (secondary N) is 2. The lowest BCUT2D eigenvalue weighted by Crippen LogP contribution is -2.58. The second-order valence-corrected chi connectivity index (χ2v) is 21.0. The highest BCUT2D eigenvalue weighted by molar-refractivity contribution is 7.81. The minimum Gasteiger partial charge on any atom is -0.494 e. The van der Waals surface area contributed by atoms with E-state index in [9.17, 15) is 37.6 Å². The molecule has 15 nitrogen and oxygen atoms in total. The number of piperidine rings is 1. The molecule has 0 bridgehead atoms. The number of aromatic nitrogens is 1. The van der Waals surface area contributed by atoms with Crippen LogP contribution in [0.15, 0.2) is 72.2 Å². The molecule has 1 spiro atoms. The van der Waals surface area contributed by atoms with Gasteiger partial charge in [0.2, 0.25) is 17.7 Å². The van der Waals surface area contributed by atoms with Crippen molar-refractivity contribution in [2.75, 3.05) is 69.5 Å². The Morgan fingerprint density at radius 2 is 1.60 bits per heavy atom. The number of hydrogen-bond acceptors (Lipinski definition) is 12. The minimum absolute atomic E-state index is 0.0470. The Morgan fingerprint density at radius 3 is 2.26 bits per heavy atom. The fourth-order valence-corrected chi connectivity index (χ4v) is 10.7. The van der Waals surface area contributed by atoms with Gasteiger partial charge in [0, 0.05) is 51.7 Å². The molecule has 20 heteroatoms. The van der Waals surface area contributed by atoms with Gasteiger partial charge in [-0.05, 0) is 130 Å². The van der Waals surface area contributed by atoms with Crippen molar-refractivity contribution in [3.05, 3.63) is 94.6 Å². The molecule has 2 N–H and O–H groups in total. The first kappa shape index (κ1) is 54.8. The molecule has 3 aromatic carbocycles. The Kier molecular flexibility index (Phi) is 18.0. The smallest absolute Gasteiger partial charge is 0.417 e. The van der Waals surface area contributed by atoms with Crippen molar-refractivity contribution in [3.63, 3.8) is 0 Å². The molecule has 3 aliphatic heterocycles. The number of thiocarbonyl (C=S) groups is 1. The predicted octanol–water partition coefficient (Wildman–Crippen LogP) is 8.03. The summed E-state index contributed by atoms with van der Waals surface area (Å²) in [6.07, 6.45) is -0.771. The van der Waals surface area contributed by atoms with Crippen LogP contribution < -0.4 is 25.2 Å². The number of benzene rings is 3. The Labute approximate surface area is 433 Å². The van der Waals surface area contributed by atoms with E-state index in [1.807, 2.05) is 64.5 Å². The maximum Gasteiger partial charge on any atom is 0.417 e. The second kappa shape index (κ2) is 23.9. The quantitative estimate of drug-likeness (QED) is 0.0647. The van der Waals surface area contributed by atoms with Gasteiger partial charge in [-0.1, -0.05) is 45.0 Å².